The van der Waals surface area contributed by atoms with Crippen LogP contribution in [-0.2, 0) is 11.3 Å². The Hall–Kier alpha value is -2.12. The van der Waals surface area contributed by atoms with Gasteiger partial charge in [-0.15, -0.1) is 5.10 Å². The molecule has 1 unspecified atom stereocenters. The van der Waals surface area contributed by atoms with Gasteiger partial charge in [0.2, 0.25) is 11.1 Å². The maximum Gasteiger partial charge on any atom is 0.253 e. The van der Waals surface area contributed by atoms with Gasteiger partial charge in [0.1, 0.15) is 0 Å². The molecule has 0 radical (unpaired) electrons. The molecule has 2 heterocycles. The molecule has 1 atom stereocenters. The van der Waals surface area contributed by atoms with Gasteiger partial charge in [-0.3, -0.25) is 4.79 Å². The zero-order valence-corrected chi connectivity index (χ0v) is 15.7. The number of amides is 1. The first-order valence-electron chi connectivity index (χ1n) is 7.82. The average Bonchev–Trinajstić information content (AvgIpc) is 2.96. The van der Waals surface area contributed by atoms with Crippen molar-refractivity contribution in [1.82, 2.24) is 24.9 Å². The molecule has 0 aliphatic heterocycles. The number of hydrogen-bond donors (Lipinski definition) is 1. The van der Waals surface area contributed by atoms with Crippen molar-refractivity contribution in [3.05, 3.63) is 52.3 Å². The molecule has 8 heteroatoms. The van der Waals surface area contributed by atoms with Crippen molar-refractivity contribution in [3.8, 4) is 0 Å². The fourth-order valence-electron chi connectivity index (χ4n) is 2.34. The van der Waals surface area contributed by atoms with Gasteiger partial charge in [-0.05, 0) is 44.5 Å². The number of nitrogens with one attached hydrogen (secondary N) is 1. The number of rotatable bonds is 5. The molecule has 1 aromatic carbocycles. The van der Waals surface area contributed by atoms with E-state index in [2.05, 4.69) is 20.4 Å². The summed E-state index contributed by atoms with van der Waals surface area (Å²) in [6.45, 7) is 6.16. The van der Waals surface area contributed by atoms with Gasteiger partial charge < -0.3 is 5.32 Å². The van der Waals surface area contributed by atoms with Crippen molar-refractivity contribution in [2.75, 3.05) is 0 Å². The largest absolute Gasteiger partial charge is 0.351 e. The summed E-state index contributed by atoms with van der Waals surface area (Å²) in [6, 6.07) is 9.33. The summed E-state index contributed by atoms with van der Waals surface area (Å²) in [4.78, 5) is 21.0. The van der Waals surface area contributed by atoms with Crippen LogP contribution in [-0.4, -0.2) is 30.7 Å². The predicted molar refractivity (Wildman–Crippen MR) is 98.9 cm³/mol. The van der Waals surface area contributed by atoms with Gasteiger partial charge in [0.15, 0.2) is 0 Å². The lowest BCUT2D eigenvalue weighted by Crippen LogP contribution is -2.30. The van der Waals surface area contributed by atoms with Crippen molar-refractivity contribution >= 4 is 35.0 Å². The third-order valence-corrected chi connectivity index (χ3v) is 4.83. The molecule has 0 aliphatic rings. The minimum absolute atomic E-state index is 0.0698. The Morgan fingerprint density at radius 1 is 1.28 bits per heavy atom. The van der Waals surface area contributed by atoms with E-state index in [1.54, 1.807) is 16.6 Å². The molecule has 0 spiro atoms. The second-order valence-electron chi connectivity index (χ2n) is 5.75. The smallest absolute Gasteiger partial charge is 0.253 e. The third kappa shape index (κ3) is 4.29. The van der Waals surface area contributed by atoms with Crippen LogP contribution in [0, 0.1) is 13.8 Å². The number of aromatic nitrogens is 4. The molecule has 1 amide bonds. The summed E-state index contributed by atoms with van der Waals surface area (Å²) in [5.74, 6) is 0.480. The van der Waals surface area contributed by atoms with Gasteiger partial charge in [-0.25, -0.2) is 9.50 Å². The second-order valence-corrected chi connectivity index (χ2v) is 7.49. The highest BCUT2D eigenvalue weighted by atomic mass is 35.5. The summed E-state index contributed by atoms with van der Waals surface area (Å²) >= 11 is 7.17. The van der Waals surface area contributed by atoms with Crippen LogP contribution in [0.3, 0.4) is 0 Å². The van der Waals surface area contributed by atoms with E-state index in [9.17, 15) is 4.79 Å². The van der Waals surface area contributed by atoms with Crippen molar-refractivity contribution in [3.63, 3.8) is 0 Å². The molecule has 25 heavy (non-hydrogen) atoms. The van der Waals surface area contributed by atoms with E-state index in [-0.39, 0.29) is 11.2 Å². The lowest BCUT2D eigenvalue weighted by atomic mass is 10.2. The Balaban J connectivity index is 1.63. The van der Waals surface area contributed by atoms with Crippen molar-refractivity contribution in [1.29, 1.82) is 0 Å². The zero-order valence-electron chi connectivity index (χ0n) is 14.2. The van der Waals surface area contributed by atoms with E-state index >= 15 is 0 Å². The molecule has 0 aliphatic carbocycles. The van der Waals surface area contributed by atoms with Crippen molar-refractivity contribution < 1.29 is 4.79 Å². The van der Waals surface area contributed by atoms with Crippen molar-refractivity contribution in [2.45, 2.75) is 37.7 Å². The molecule has 0 saturated heterocycles. The van der Waals surface area contributed by atoms with Gasteiger partial charge >= 0.3 is 0 Å². The molecule has 0 fully saturated rings. The third-order valence-electron chi connectivity index (χ3n) is 3.63. The number of aryl methyl sites for hydroxylation is 2. The molecular weight excluding hydrogens is 358 g/mol. The molecular formula is C17H18ClN5OS. The number of halogens is 1. The highest BCUT2D eigenvalue weighted by molar-refractivity contribution is 8.00. The topological polar surface area (TPSA) is 72.2 Å². The first-order chi connectivity index (χ1) is 11.9. The lowest BCUT2D eigenvalue weighted by molar-refractivity contribution is -0.120. The molecule has 3 rings (SSSR count). The van der Waals surface area contributed by atoms with Gasteiger partial charge in [-0.2, -0.15) is 4.98 Å². The number of thioether (sulfide) groups is 1. The number of nitrogens with zero attached hydrogens (tertiary/aromatic N) is 4. The van der Waals surface area contributed by atoms with Crippen LogP contribution >= 0.6 is 23.4 Å². The van der Waals surface area contributed by atoms with E-state index in [0.717, 1.165) is 17.0 Å². The SMILES string of the molecule is Cc1cc(C)n2nc(SC(C)C(=O)NCc3ccc(Cl)cc3)nc2n1. The van der Waals surface area contributed by atoms with Gasteiger partial charge in [0.25, 0.3) is 5.78 Å². The first-order valence-corrected chi connectivity index (χ1v) is 9.08. The molecule has 1 N–H and O–H groups in total. The van der Waals surface area contributed by atoms with Crippen LogP contribution in [0.5, 0.6) is 0 Å². The molecule has 130 valence electrons. The summed E-state index contributed by atoms with van der Waals surface area (Å²) in [5.41, 5.74) is 2.85. The van der Waals surface area contributed by atoms with Crippen LogP contribution in [0.15, 0.2) is 35.5 Å². The van der Waals surface area contributed by atoms with Gasteiger partial charge in [0.05, 0.1) is 5.25 Å². The Morgan fingerprint density at radius 2 is 2.00 bits per heavy atom. The first kappa shape index (κ1) is 17.7. The zero-order chi connectivity index (χ0) is 18.0. The summed E-state index contributed by atoms with van der Waals surface area (Å²) in [6.07, 6.45) is 0. The van der Waals surface area contributed by atoms with E-state index < -0.39 is 0 Å². The molecule has 3 aromatic rings. The summed E-state index contributed by atoms with van der Waals surface area (Å²) in [5, 5.41) is 8.23. The molecule has 6 nitrogen and oxygen atoms in total. The average molecular weight is 376 g/mol. The molecule has 2 aromatic heterocycles. The molecule has 0 saturated carbocycles. The lowest BCUT2D eigenvalue weighted by Gasteiger charge is -2.10. The Morgan fingerprint density at radius 3 is 2.72 bits per heavy atom. The maximum absolute atomic E-state index is 12.3. The standard InChI is InChI=1S/C17H18ClN5OS/c1-10-8-11(2)23-16(20-10)21-17(22-23)25-12(3)15(24)19-9-13-4-6-14(18)7-5-13/h4-8,12H,9H2,1-3H3,(H,19,24). The predicted octanol–water partition coefficient (Wildman–Crippen LogP) is 3.19. The van der Waals surface area contributed by atoms with Crippen LogP contribution in [0.1, 0.15) is 23.9 Å². The fourth-order valence-corrected chi connectivity index (χ4v) is 3.24. The van der Waals surface area contributed by atoms with Crippen molar-refractivity contribution in [2.24, 2.45) is 0 Å². The normalized spacial score (nSPS) is 12.3. The Bertz CT molecular complexity index is 909. The van der Waals surface area contributed by atoms with E-state index in [4.69, 9.17) is 11.6 Å². The number of carbonyl (C=O) groups excluding carboxylic acids is 1. The Labute approximate surface area is 155 Å². The highest BCUT2D eigenvalue weighted by Crippen LogP contribution is 2.21. The number of hydrogen-bond acceptors (Lipinski definition) is 5. The van der Waals surface area contributed by atoms with Crippen LogP contribution in [0.4, 0.5) is 0 Å². The highest BCUT2D eigenvalue weighted by Gasteiger charge is 2.18. The minimum Gasteiger partial charge on any atom is -0.351 e. The quantitative estimate of drug-likeness (QED) is 0.693. The number of fused-ring (bicyclic) bond motifs is 1. The van der Waals surface area contributed by atoms with Crippen LogP contribution in [0.2, 0.25) is 5.02 Å². The molecule has 0 bridgehead atoms. The van der Waals surface area contributed by atoms with Gasteiger partial charge in [0, 0.05) is 23.0 Å². The second kappa shape index (κ2) is 7.41. The van der Waals surface area contributed by atoms with E-state index in [1.807, 2.05) is 39.0 Å². The van der Waals surface area contributed by atoms with Crippen LogP contribution in [0.25, 0.3) is 5.78 Å². The van der Waals surface area contributed by atoms with Crippen LogP contribution < -0.4 is 5.32 Å². The maximum atomic E-state index is 12.3. The fraction of sp³-hybridized carbons (Fsp3) is 0.294. The van der Waals surface area contributed by atoms with E-state index in [0.29, 0.717) is 22.5 Å². The monoisotopic (exact) mass is 375 g/mol. The summed E-state index contributed by atoms with van der Waals surface area (Å²) in [7, 11) is 0. The summed E-state index contributed by atoms with van der Waals surface area (Å²) < 4.78 is 1.69. The number of carbonyl (C=O) groups is 1. The number of benzene rings is 1. The minimum atomic E-state index is -0.314. The van der Waals surface area contributed by atoms with E-state index in [1.165, 1.54) is 11.8 Å². The Kier molecular flexibility index (Phi) is 5.24. The van der Waals surface area contributed by atoms with Gasteiger partial charge in [-0.1, -0.05) is 35.5 Å².